The van der Waals surface area contributed by atoms with Crippen molar-refractivity contribution >= 4 is 34.8 Å². The molecule has 2 aromatic carbocycles. The van der Waals surface area contributed by atoms with Crippen LogP contribution in [0.2, 0.25) is 10.0 Å². The lowest BCUT2D eigenvalue weighted by molar-refractivity contribution is -0.118. The molecule has 1 N–H and O–H groups in total. The van der Waals surface area contributed by atoms with E-state index in [1.54, 1.807) is 30.3 Å². The molecule has 0 unspecified atom stereocenters. The first kappa shape index (κ1) is 14.7. The van der Waals surface area contributed by atoms with Gasteiger partial charge in [0.1, 0.15) is 5.75 Å². The summed E-state index contributed by atoms with van der Waals surface area (Å²) < 4.78 is 5.35. The number of carbonyl (C=O) groups excluding carboxylic acids is 1. The maximum Gasteiger partial charge on any atom is 0.262 e. The molecule has 0 bridgehead atoms. The van der Waals surface area contributed by atoms with Crippen molar-refractivity contribution in [3.8, 4) is 5.75 Å². The van der Waals surface area contributed by atoms with E-state index < -0.39 is 0 Å². The maximum atomic E-state index is 11.8. The monoisotopic (exact) mass is 309 g/mol. The Morgan fingerprint density at radius 2 is 1.85 bits per heavy atom. The standard InChI is InChI=1S/C15H13Cl2NO2/c1-10-2-7-13(17)14(8-10)18-15(19)9-20-12-5-3-11(16)4-6-12/h2-8H,9H2,1H3,(H,18,19). The van der Waals surface area contributed by atoms with Gasteiger partial charge in [-0.25, -0.2) is 0 Å². The molecular weight excluding hydrogens is 297 g/mol. The first-order valence-corrected chi connectivity index (χ1v) is 6.74. The van der Waals surface area contributed by atoms with Crippen LogP contribution in [0.1, 0.15) is 5.56 Å². The summed E-state index contributed by atoms with van der Waals surface area (Å²) in [6.07, 6.45) is 0. The van der Waals surface area contributed by atoms with Crippen LogP contribution in [0.25, 0.3) is 0 Å². The van der Waals surface area contributed by atoms with E-state index >= 15 is 0 Å². The fraction of sp³-hybridized carbons (Fsp3) is 0.133. The van der Waals surface area contributed by atoms with Crippen LogP contribution in [0.3, 0.4) is 0 Å². The number of hydrogen-bond donors (Lipinski definition) is 1. The lowest BCUT2D eigenvalue weighted by atomic mass is 10.2. The van der Waals surface area contributed by atoms with Crippen LogP contribution in [-0.2, 0) is 4.79 Å². The molecule has 0 aliphatic carbocycles. The molecule has 0 fully saturated rings. The van der Waals surface area contributed by atoms with Crippen molar-refractivity contribution < 1.29 is 9.53 Å². The van der Waals surface area contributed by atoms with Crippen LogP contribution in [0.5, 0.6) is 5.75 Å². The average Bonchev–Trinajstić information content (AvgIpc) is 2.42. The third-order valence-corrected chi connectivity index (χ3v) is 3.16. The van der Waals surface area contributed by atoms with Gasteiger partial charge >= 0.3 is 0 Å². The van der Waals surface area contributed by atoms with E-state index in [1.807, 2.05) is 19.1 Å². The van der Waals surface area contributed by atoms with Crippen molar-refractivity contribution in [3.05, 3.63) is 58.1 Å². The fourth-order valence-electron chi connectivity index (χ4n) is 1.60. The predicted molar refractivity (Wildman–Crippen MR) is 81.8 cm³/mol. The number of amides is 1. The largest absolute Gasteiger partial charge is 0.484 e. The molecule has 0 atom stereocenters. The Morgan fingerprint density at radius 3 is 2.55 bits per heavy atom. The van der Waals surface area contributed by atoms with Crippen molar-refractivity contribution in [2.75, 3.05) is 11.9 Å². The molecule has 0 aromatic heterocycles. The van der Waals surface area contributed by atoms with Gasteiger partial charge in [-0.1, -0.05) is 29.3 Å². The van der Waals surface area contributed by atoms with E-state index in [9.17, 15) is 4.79 Å². The number of carbonyl (C=O) groups is 1. The third-order valence-electron chi connectivity index (χ3n) is 2.58. The van der Waals surface area contributed by atoms with E-state index in [2.05, 4.69) is 5.32 Å². The molecule has 3 nitrogen and oxygen atoms in total. The number of hydrogen-bond acceptors (Lipinski definition) is 2. The summed E-state index contributed by atoms with van der Waals surface area (Å²) in [5, 5.41) is 3.83. The van der Waals surface area contributed by atoms with Crippen LogP contribution in [0, 0.1) is 6.92 Å². The molecule has 5 heteroatoms. The quantitative estimate of drug-likeness (QED) is 0.913. The second-order valence-electron chi connectivity index (χ2n) is 4.27. The van der Waals surface area contributed by atoms with Crippen molar-refractivity contribution in [1.29, 1.82) is 0 Å². The molecule has 0 saturated carbocycles. The Kier molecular flexibility index (Phi) is 4.88. The summed E-state index contributed by atoms with van der Waals surface area (Å²) in [7, 11) is 0. The van der Waals surface area contributed by atoms with Gasteiger partial charge in [-0.15, -0.1) is 0 Å². The Bertz CT molecular complexity index is 612. The van der Waals surface area contributed by atoms with Crippen LogP contribution in [0.15, 0.2) is 42.5 Å². The summed E-state index contributed by atoms with van der Waals surface area (Å²) in [4.78, 5) is 11.8. The van der Waals surface area contributed by atoms with Gasteiger partial charge in [0.15, 0.2) is 6.61 Å². The van der Waals surface area contributed by atoms with E-state index in [0.29, 0.717) is 21.5 Å². The van der Waals surface area contributed by atoms with E-state index in [1.165, 1.54) is 0 Å². The number of anilines is 1. The molecule has 2 aromatic rings. The zero-order valence-corrected chi connectivity index (χ0v) is 12.3. The van der Waals surface area contributed by atoms with Gasteiger partial charge < -0.3 is 10.1 Å². The number of aryl methyl sites for hydroxylation is 1. The highest BCUT2D eigenvalue weighted by molar-refractivity contribution is 6.33. The molecule has 0 aliphatic heterocycles. The van der Waals surface area contributed by atoms with E-state index in [0.717, 1.165) is 5.56 Å². The van der Waals surface area contributed by atoms with Crippen LogP contribution in [-0.4, -0.2) is 12.5 Å². The van der Waals surface area contributed by atoms with Gasteiger partial charge in [-0.3, -0.25) is 4.79 Å². The molecule has 1 amide bonds. The Balaban J connectivity index is 1.92. The van der Waals surface area contributed by atoms with Gasteiger partial charge in [-0.05, 0) is 48.9 Å². The Hall–Kier alpha value is -1.71. The third kappa shape index (κ3) is 4.15. The zero-order valence-electron chi connectivity index (χ0n) is 10.8. The molecule has 0 aliphatic rings. The fourth-order valence-corrected chi connectivity index (χ4v) is 1.89. The summed E-state index contributed by atoms with van der Waals surface area (Å²) in [6.45, 7) is 1.84. The second-order valence-corrected chi connectivity index (χ2v) is 5.12. The minimum absolute atomic E-state index is 0.0914. The van der Waals surface area contributed by atoms with E-state index in [-0.39, 0.29) is 12.5 Å². The second kappa shape index (κ2) is 6.64. The lowest BCUT2D eigenvalue weighted by Crippen LogP contribution is -2.20. The number of rotatable bonds is 4. The first-order valence-electron chi connectivity index (χ1n) is 5.99. The molecule has 0 saturated heterocycles. The maximum absolute atomic E-state index is 11.8. The summed E-state index contributed by atoms with van der Waals surface area (Å²) in [5.41, 5.74) is 1.60. The zero-order chi connectivity index (χ0) is 14.5. The molecular formula is C15H13Cl2NO2. The Labute approximate surface area is 127 Å². The number of benzene rings is 2. The number of halogens is 2. The minimum atomic E-state index is -0.271. The molecule has 0 radical (unpaired) electrons. The SMILES string of the molecule is Cc1ccc(Cl)c(NC(=O)COc2ccc(Cl)cc2)c1. The summed E-state index contributed by atoms with van der Waals surface area (Å²) >= 11 is 11.8. The molecule has 104 valence electrons. The predicted octanol–water partition coefficient (Wildman–Crippen LogP) is 4.32. The van der Waals surface area contributed by atoms with Crippen molar-refractivity contribution in [1.82, 2.24) is 0 Å². The van der Waals surface area contributed by atoms with Gasteiger partial charge in [0.25, 0.3) is 5.91 Å². The molecule has 0 heterocycles. The van der Waals surface area contributed by atoms with Gasteiger partial charge in [0.05, 0.1) is 10.7 Å². The normalized spacial score (nSPS) is 10.2. The van der Waals surface area contributed by atoms with Crippen molar-refractivity contribution in [2.45, 2.75) is 6.92 Å². The number of ether oxygens (including phenoxy) is 1. The van der Waals surface area contributed by atoms with Crippen molar-refractivity contribution in [2.24, 2.45) is 0 Å². The average molecular weight is 310 g/mol. The van der Waals surface area contributed by atoms with Gasteiger partial charge in [0, 0.05) is 5.02 Å². The number of nitrogens with one attached hydrogen (secondary N) is 1. The first-order chi connectivity index (χ1) is 9.54. The molecule has 20 heavy (non-hydrogen) atoms. The van der Waals surface area contributed by atoms with Crippen molar-refractivity contribution in [3.63, 3.8) is 0 Å². The highest BCUT2D eigenvalue weighted by Crippen LogP contribution is 2.22. The summed E-state index contributed by atoms with van der Waals surface area (Å²) in [6, 6.07) is 12.2. The van der Waals surface area contributed by atoms with Crippen LogP contribution in [0.4, 0.5) is 5.69 Å². The molecule has 2 rings (SSSR count). The Morgan fingerprint density at radius 1 is 1.15 bits per heavy atom. The van der Waals surface area contributed by atoms with Crippen LogP contribution >= 0.6 is 23.2 Å². The molecule has 0 spiro atoms. The highest BCUT2D eigenvalue weighted by atomic mass is 35.5. The smallest absolute Gasteiger partial charge is 0.262 e. The lowest BCUT2D eigenvalue weighted by Gasteiger charge is -2.09. The highest BCUT2D eigenvalue weighted by Gasteiger charge is 2.07. The topological polar surface area (TPSA) is 38.3 Å². The minimum Gasteiger partial charge on any atom is -0.484 e. The summed E-state index contributed by atoms with van der Waals surface area (Å²) in [5.74, 6) is 0.312. The van der Waals surface area contributed by atoms with E-state index in [4.69, 9.17) is 27.9 Å². The van der Waals surface area contributed by atoms with Gasteiger partial charge in [0.2, 0.25) is 0 Å². The van der Waals surface area contributed by atoms with Gasteiger partial charge in [-0.2, -0.15) is 0 Å². The van der Waals surface area contributed by atoms with Crippen LogP contribution < -0.4 is 10.1 Å².